The number of aromatic nitrogens is 3. The van der Waals surface area contributed by atoms with Crippen molar-refractivity contribution in [2.75, 3.05) is 7.11 Å². The third-order valence-corrected chi connectivity index (χ3v) is 3.01. The lowest BCUT2D eigenvalue weighted by molar-refractivity contribution is -0.121. The van der Waals surface area contributed by atoms with Crippen molar-refractivity contribution in [1.82, 2.24) is 20.0 Å². The standard InChI is InChI=1S/C15H19N5O2/c1-4-17-19-14(21)8-6-12-5-7-13(15(18-12)22-3)20-9-11(2)16-10-20/h4-5,7,9-10H,6,8H2,1-3H3,(H,19,21)/b17-4+. The van der Waals surface area contributed by atoms with Crippen LogP contribution < -0.4 is 10.2 Å². The van der Waals surface area contributed by atoms with E-state index in [-0.39, 0.29) is 5.91 Å². The molecule has 0 fully saturated rings. The first kappa shape index (κ1) is 15.7. The number of amides is 1. The van der Waals surface area contributed by atoms with Crippen molar-refractivity contribution < 1.29 is 9.53 Å². The summed E-state index contributed by atoms with van der Waals surface area (Å²) in [5.41, 5.74) is 4.94. The molecule has 2 heterocycles. The van der Waals surface area contributed by atoms with Crippen LogP contribution in [0.3, 0.4) is 0 Å². The molecule has 1 amide bonds. The zero-order chi connectivity index (χ0) is 15.9. The molecular weight excluding hydrogens is 282 g/mol. The maximum absolute atomic E-state index is 11.5. The number of methoxy groups -OCH3 is 1. The number of ether oxygens (including phenoxy) is 1. The van der Waals surface area contributed by atoms with Crippen LogP contribution in [0.4, 0.5) is 0 Å². The lowest BCUT2D eigenvalue weighted by Crippen LogP contribution is -2.17. The van der Waals surface area contributed by atoms with E-state index >= 15 is 0 Å². The van der Waals surface area contributed by atoms with Crippen LogP contribution in [-0.2, 0) is 11.2 Å². The van der Waals surface area contributed by atoms with Gasteiger partial charge in [-0.1, -0.05) is 0 Å². The summed E-state index contributed by atoms with van der Waals surface area (Å²) in [6.07, 6.45) is 5.98. The molecule has 0 spiro atoms. The number of hydrazone groups is 1. The van der Waals surface area contributed by atoms with Gasteiger partial charge in [0.1, 0.15) is 5.69 Å². The van der Waals surface area contributed by atoms with Crippen LogP contribution in [0.5, 0.6) is 5.88 Å². The minimum Gasteiger partial charge on any atom is -0.479 e. The minimum absolute atomic E-state index is 0.145. The molecule has 0 aromatic carbocycles. The molecule has 116 valence electrons. The minimum atomic E-state index is -0.145. The number of nitrogens with zero attached hydrogens (tertiary/aromatic N) is 4. The largest absolute Gasteiger partial charge is 0.479 e. The average molecular weight is 301 g/mol. The first-order valence-electron chi connectivity index (χ1n) is 6.95. The van der Waals surface area contributed by atoms with Gasteiger partial charge in [-0.3, -0.25) is 4.79 Å². The summed E-state index contributed by atoms with van der Waals surface area (Å²) in [4.78, 5) is 20.2. The molecule has 0 saturated carbocycles. The highest BCUT2D eigenvalue weighted by atomic mass is 16.5. The molecule has 2 aromatic rings. The summed E-state index contributed by atoms with van der Waals surface area (Å²) in [7, 11) is 1.57. The Bertz CT molecular complexity index is 678. The second kappa shape index (κ2) is 7.35. The van der Waals surface area contributed by atoms with Crippen molar-refractivity contribution in [3.8, 4) is 11.6 Å². The fourth-order valence-electron chi connectivity index (χ4n) is 1.94. The fourth-order valence-corrected chi connectivity index (χ4v) is 1.94. The van der Waals surface area contributed by atoms with Crippen molar-refractivity contribution in [2.24, 2.45) is 5.10 Å². The van der Waals surface area contributed by atoms with E-state index in [1.807, 2.05) is 29.8 Å². The number of carbonyl (C=O) groups excluding carboxylic acids is 1. The Morgan fingerprint density at radius 3 is 2.95 bits per heavy atom. The van der Waals surface area contributed by atoms with Crippen molar-refractivity contribution in [3.63, 3.8) is 0 Å². The second-order valence-corrected chi connectivity index (χ2v) is 4.68. The van der Waals surface area contributed by atoms with E-state index in [1.165, 1.54) is 6.21 Å². The van der Waals surface area contributed by atoms with Crippen molar-refractivity contribution >= 4 is 12.1 Å². The number of nitrogens with one attached hydrogen (secondary N) is 1. The molecular formula is C15H19N5O2. The molecule has 22 heavy (non-hydrogen) atoms. The molecule has 0 unspecified atom stereocenters. The van der Waals surface area contributed by atoms with Gasteiger partial charge < -0.3 is 9.30 Å². The van der Waals surface area contributed by atoms with Gasteiger partial charge in [0.05, 0.1) is 19.1 Å². The fraction of sp³-hybridized carbons (Fsp3) is 0.333. The molecule has 0 aliphatic carbocycles. The highest BCUT2D eigenvalue weighted by Crippen LogP contribution is 2.21. The van der Waals surface area contributed by atoms with Crippen LogP contribution in [0, 0.1) is 6.92 Å². The number of hydrogen-bond acceptors (Lipinski definition) is 5. The van der Waals surface area contributed by atoms with Crippen LogP contribution in [0.2, 0.25) is 0 Å². The van der Waals surface area contributed by atoms with Crippen LogP contribution in [0.15, 0.2) is 29.8 Å². The smallest absolute Gasteiger partial charge is 0.240 e. The number of aryl methyl sites for hydroxylation is 2. The van der Waals surface area contributed by atoms with Crippen molar-refractivity contribution in [3.05, 3.63) is 36.0 Å². The van der Waals surface area contributed by atoms with Gasteiger partial charge >= 0.3 is 0 Å². The number of pyridine rings is 1. The molecule has 0 aliphatic rings. The van der Waals surface area contributed by atoms with Gasteiger partial charge in [0.15, 0.2) is 0 Å². The number of rotatable bonds is 6. The van der Waals surface area contributed by atoms with Crippen LogP contribution in [0.25, 0.3) is 5.69 Å². The molecule has 0 saturated heterocycles. The highest BCUT2D eigenvalue weighted by Gasteiger charge is 2.10. The predicted octanol–water partition coefficient (Wildman–Crippen LogP) is 1.64. The van der Waals surface area contributed by atoms with Gasteiger partial charge in [0, 0.05) is 24.5 Å². The Labute approximate surface area is 129 Å². The molecule has 2 rings (SSSR count). The van der Waals surface area contributed by atoms with Gasteiger partial charge in [-0.05, 0) is 32.4 Å². The Hall–Kier alpha value is -2.70. The van der Waals surface area contributed by atoms with E-state index in [0.717, 1.165) is 17.1 Å². The zero-order valence-corrected chi connectivity index (χ0v) is 12.9. The third kappa shape index (κ3) is 3.91. The van der Waals surface area contributed by atoms with E-state index in [9.17, 15) is 4.79 Å². The first-order valence-corrected chi connectivity index (χ1v) is 6.95. The van der Waals surface area contributed by atoms with Crippen molar-refractivity contribution in [2.45, 2.75) is 26.7 Å². The third-order valence-electron chi connectivity index (χ3n) is 3.01. The normalized spacial score (nSPS) is 10.9. The zero-order valence-electron chi connectivity index (χ0n) is 12.9. The average Bonchev–Trinajstić information content (AvgIpc) is 2.96. The summed E-state index contributed by atoms with van der Waals surface area (Å²) in [5.74, 6) is 0.357. The molecule has 1 N–H and O–H groups in total. The Balaban J connectivity index is 2.10. The lowest BCUT2D eigenvalue weighted by Gasteiger charge is -2.10. The highest BCUT2D eigenvalue weighted by molar-refractivity contribution is 5.76. The molecule has 7 nitrogen and oxygen atoms in total. The first-order chi connectivity index (χ1) is 10.6. The summed E-state index contributed by atoms with van der Waals surface area (Å²) in [6.45, 7) is 3.66. The van der Waals surface area contributed by atoms with Crippen LogP contribution in [0.1, 0.15) is 24.7 Å². The quantitative estimate of drug-likeness (QED) is 0.649. The number of hydrogen-bond donors (Lipinski definition) is 1. The number of carbonyl (C=O) groups is 1. The van der Waals surface area contributed by atoms with Crippen LogP contribution in [-0.4, -0.2) is 33.8 Å². The molecule has 0 bridgehead atoms. The Kier molecular flexibility index (Phi) is 5.24. The number of imidazole rings is 1. The van der Waals surface area contributed by atoms with E-state index in [0.29, 0.717) is 18.7 Å². The van der Waals surface area contributed by atoms with Gasteiger partial charge in [0.25, 0.3) is 0 Å². The molecule has 0 radical (unpaired) electrons. The molecule has 0 aliphatic heterocycles. The van der Waals surface area contributed by atoms with Gasteiger partial charge in [-0.15, -0.1) is 0 Å². The van der Waals surface area contributed by atoms with E-state index in [2.05, 4.69) is 20.5 Å². The summed E-state index contributed by atoms with van der Waals surface area (Å²) in [5, 5.41) is 3.69. The molecule has 7 heteroatoms. The lowest BCUT2D eigenvalue weighted by atomic mass is 10.2. The summed E-state index contributed by atoms with van der Waals surface area (Å²) < 4.78 is 7.19. The van der Waals surface area contributed by atoms with Gasteiger partial charge in [-0.25, -0.2) is 15.4 Å². The summed E-state index contributed by atoms with van der Waals surface area (Å²) in [6, 6.07) is 3.79. The Morgan fingerprint density at radius 1 is 1.50 bits per heavy atom. The summed E-state index contributed by atoms with van der Waals surface area (Å²) >= 11 is 0. The molecule has 0 atom stereocenters. The SMILES string of the molecule is C/C=N/NC(=O)CCc1ccc(-n2cnc(C)c2)c(OC)n1. The topological polar surface area (TPSA) is 81.4 Å². The predicted molar refractivity (Wildman–Crippen MR) is 83.3 cm³/mol. The van der Waals surface area contributed by atoms with Gasteiger partial charge in [-0.2, -0.15) is 5.10 Å². The monoisotopic (exact) mass is 301 g/mol. The second-order valence-electron chi connectivity index (χ2n) is 4.68. The maximum Gasteiger partial charge on any atom is 0.240 e. The van der Waals surface area contributed by atoms with Crippen LogP contribution >= 0.6 is 0 Å². The van der Waals surface area contributed by atoms with E-state index < -0.39 is 0 Å². The molecule has 2 aromatic heterocycles. The van der Waals surface area contributed by atoms with Crippen molar-refractivity contribution in [1.29, 1.82) is 0 Å². The van der Waals surface area contributed by atoms with Gasteiger partial charge in [0.2, 0.25) is 11.8 Å². The maximum atomic E-state index is 11.5. The van der Waals surface area contributed by atoms with E-state index in [4.69, 9.17) is 4.74 Å². The van der Waals surface area contributed by atoms with E-state index in [1.54, 1.807) is 20.4 Å². The Morgan fingerprint density at radius 2 is 2.32 bits per heavy atom.